The molecule has 0 saturated heterocycles. The van der Waals surface area contributed by atoms with E-state index in [0.717, 1.165) is 28.8 Å². The van der Waals surface area contributed by atoms with Crippen molar-refractivity contribution in [3.8, 4) is 0 Å². The SMILES string of the molecule is CNC(=O)C1C(=O)Nc2cc3c(cc21)NC(c1cnsn1)N3. The quantitative estimate of drug-likeness (QED) is 0.612. The van der Waals surface area contributed by atoms with Crippen molar-refractivity contribution in [3.63, 3.8) is 0 Å². The van der Waals surface area contributed by atoms with Crippen LogP contribution in [-0.4, -0.2) is 27.6 Å². The maximum atomic E-state index is 12.0. The normalized spacial score (nSPS) is 21.4. The fourth-order valence-electron chi connectivity index (χ4n) is 2.75. The number of anilines is 3. The van der Waals surface area contributed by atoms with Gasteiger partial charge in [-0.15, -0.1) is 0 Å². The van der Waals surface area contributed by atoms with E-state index < -0.39 is 5.92 Å². The van der Waals surface area contributed by atoms with Crippen LogP contribution >= 0.6 is 11.7 Å². The van der Waals surface area contributed by atoms with Gasteiger partial charge in [-0.2, -0.15) is 8.75 Å². The lowest BCUT2D eigenvalue weighted by molar-refractivity contribution is -0.128. The van der Waals surface area contributed by atoms with Crippen molar-refractivity contribution in [2.24, 2.45) is 0 Å². The van der Waals surface area contributed by atoms with Crippen molar-refractivity contribution in [2.75, 3.05) is 23.0 Å². The summed E-state index contributed by atoms with van der Waals surface area (Å²) < 4.78 is 8.19. The number of carbonyl (C=O) groups is 2. The molecule has 8 nitrogen and oxygen atoms in total. The summed E-state index contributed by atoms with van der Waals surface area (Å²) in [7, 11) is 1.52. The lowest BCUT2D eigenvalue weighted by Gasteiger charge is -2.08. The minimum Gasteiger partial charge on any atom is -0.359 e. The number of hydrogen-bond acceptors (Lipinski definition) is 7. The number of hydrogen-bond donors (Lipinski definition) is 4. The number of fused-ring (bicyclic) bond motifs is 2. The first-order chi connectivity index (χ1) is 10.7. The van der Waals surface area contributed by atoms with Crippen molar-refractivity contribution in [1.82, 2.24) is 14.1 Å². The molecule has 0 aliphatic carbocycles. The highest BCUT2D eigenvalue weighted by atomic mass is 32.1. The maximum Gasteiger partial charge on any atom is 0.241 e. The molecule has 2 atom stereocenters. The summed E-state index contributed by atoms with van der Waals surface area (Å²) in [5.41, 5.74) is 3.82. The maximum absolute atomic E-state index is 12.0. The molecule has 4 N–H and O–H groups in total. The van der Waals surface area contributed by atoms with E-state index in [-0.39, 0.29) is 18.0 Å². The zero-order chi connectivity index (χ0) is 15.3. The third kappa shape index (κ3) is 1.82. The van der Waals surface area contributed by atoms with Crippen LogP contribution in [0.4, 0.5) is 17.1 Å². The van der Waals surface area contributed by atoms with Gasteiger partial charge in [0.2, 0.25) is 11.8 Å². The summed E-state index contributed by atoms with van der Waals surface area (Å²) in [5.74, 6) is -1.44. The van der Waals surface area contributed by atoms with Crippen LogP contribution in [0.1, 0.15) is 23.3 Å². The van der Waals surface area contributed by atoms with Gasteiger partial charge in [0.1, 0.15) is 17.8 Å². The Labute approximate surface area is 129 Å². The van der Waals surface area contributed by atoms with Gasteiger partial charge >= 0.3 is 0 Å². The molecule has 3 heterocycles. The van der Waals surface area contributed by atoms with Crippen LogP contribution in [0.25, 0.3) is 0 Å². The zero-order valence-electron chi connectivity index (χ0n) is 11.5. The molecule has 0 spiro atoms. The molecule has 2 unspecified atom stereocenters. The van der Waals surface area contributed by atoms with Crippen molar-refractivity contribution in [3.05, 3.63) is 29.6 Å². The Balaban J connectivity index is 1.70. The summed E-state index contributed by atoms with van der Waals surface area (Å²) in [6.45, 7) is 0. The lowest BCUT2D eigenvalue weighted by Crippen LogP contribution is -2.30. The molecule has 1 aromatic carbocycles. The number of rotatable bonds is 2. The number of carbonyl (C=O) groups excluding carboxylic acids is 2. The molecule has 22 heavy (non-hydrogen) atoms. The van der Waals surface area contributed by atoms with Crippen LogP contribution in [0.3, 0.4) is 0 Å². The van der Waals surface area contributed by atoms with E-state index in [1.807, 2.05) is 12.1 Å². The van der Waals surface area contributed by atoms with Crippen LogP contribution in [-0.2, 0) is 9.59 Å². The van der Waals surface area contributed by atoms with Gasteiger partial charge in [0.25, 0.3) is 0 Å². The van der Waals surface area contributed by atoms with Crippen molar-refractivity contribution < 1.29 is 9.59 Å². The molecule has 2 amide bonds. The number of nitrogens with zero attached hydrogens (tertiary/aromatic N) is 2. The average molecular weight is 316 g/mol. The predicted molar refractivity (Wildman–Crippen MR) is 81.8 cm³/mol. The van der Waals surface area contributed by atoms with Gasteiger partial charge in [-0.1, -0.05) is 0 Å². The summed E-state index contributed by atoms with van der Waals surface area (Å²) in [5, 5.41) is 11.8. The molecule has 2 aliphatic heterocycles. The van der Waals surface area contributed by atoms with Crippen LogP contribution in [0.2, 0.25) is 0 Å². The number of aromatic nitrogens is 2. The van der Waals surface area contributed by atoms with E-state index in [0.29, 0.717) is 11.3 Å². The first-order valence-electron chi connectivity index (χ1n) is 6.68. The Morgan fingerprint density at radius 1 is 1.27 bits per heavy atom. The summed E-state index contributed by atoms with van der Waals surface area (Å²) in [6, 6.07) is 3.66. The van der Waals surface area contributed by atoms with Crippen LogP contribution in [0, 0.1) is 0 Å². The standard InChI is InChI=1S/C13H12N6O2S/c1-14-12(20)10-5-2-7-8(3-6(5)18-13(10)21)17-11(16-7)9-4-15-22-19-9/h2-4,10-11,16-17H,1H3,(H,14,20)(H,18,21). The third-order valence-corrected chi connectivity index (χ3v) is 4.30. The van der Waals surface area contributed by atoms with Gasteiger partial charge in [0.15, 0.2) is 0 Å². The second kappa shape index (κ2) is 4.67. The molecular formula is C13H12N6O2S. The molecule has 2 aromatic rings. The molecule has 0 saturated carbocycles. The molecule has 4 rings (SSSR count). The second-order valence-electron chi connectivity index (χ2n) is 5.08. The number of benzene rings is 1. The largest absolute Gasteiger partial charge is 0.359 e. The van der Waals surface area contributed by atoms with Gasteiger partial charge < -0.3 is 21.3 Å². The summed E-state index contributed by atoms with van der Waals surface area (Å²) >= 11 is 1.14. The van der Waals surface area contributed by atoms with Gasteiger partial charge in [0.05, 0.1) is 29.3 Å². The van der Waals surface area contributed by atoms with Gasteiger partial charge in [-0.05, 0) is 17.7 Å². The molecule has 0 radical (unpaired) electrons. The van der Waals surface area contributed by atoms with E-state index in [1.54, 1.807) is 6.20 Å². The van der Waals surface area contributed by atoms with E-state index in [4.69, 9.17) is 0 Å². The first kappa shape index (κ1) is 13.0. The molecule has 0 bridgehead atoms. The third-order valence-electron chi connectivity index (χ3n) is 3.80. The molecule has 1 aromatic heterocycles. The Hall–Kier alpha value is -2.68. The highest BCUT2D eigenvalue weighted by Gasteiger charge is 2.38. The van der Waals surface area contributed by atoms with Crippen LogP contribution in [0.5, 0.6) is 0 Å². The fourth-order valence-corrected chi connectivity index (χ4v) is 3.20. The predicted octanol–water partition coefficient (Wildman–Crippen LogP) is 0.856. The lowest BCUT2D eigenvalue weighted by atomic mass is 9.99. The average Bonchev–Trinajstić information content (AvgIpc) is 3.20. The highest BCUT2D eigenvalue weighted by Crippen LogP contribution is 2.43. The Morgan fingerprint density at radius 3 is 2.73 bits per heavy atom. The Bertz CT molecular complexity index is 775. The Kier molecular flexibility index (Phi) is 2.76. The minimum atomic E-state index is -0.813. The zero-order valence-corrected chi connectivity index (χ0v) is 12.3. The Morgan fingerprint density at radius 2 is 2.05 bits per heavy atom. The number of amides is 2. The molecule has 2 aliphatic rings. The van der Waals surface area contributed by atoms with Crippen LogP contribution < -0.4 is 21.3 Å². The van der Waals surface area contributed by atoms with E-state index in [2.05, 4.69) is 30.0 Å². The molecule has 9 heteroatoms. The fraction of sp³-hybridized carbons (Fsp3) is 0.231. The number of likely N-dealkylation sites (N-methyl/N-ethyl adjacent to an activating group) is 1. The van der Waals surface area contributed by atoms with Gasteiger partial charge in [-0.25, -0.2) is 0 Å². The monoisotopic (exact) mass is 316 g/mol. The summed E-state index contributed by atoms with van der Waals surface area (Å²) in [6.07, 6.45) is 1.54. The topological polar surface area (TPSA) is 108 Å². The molecular weight excluding hydrogens is 304 g/mol. The second-order valence-corrected chi connectivity index (χ2v) is 5.63. The van der Waals surface area contributed by atoms with Crippen molar-refractivity contribution >= 4 is 40.6 Å². The number of nitrogens with one attached hydrogen (secondary N) is 4. The van der Waals surface area contributed by atoms with E-state index in [1.165, 1.54) is 7.05 Å². The van der Waals surface area contributed by atoms with E-state index in [9.17, 15) is 9.59 Å². The summed E-state index contributed by atoms with van der Waals surface area (Å²) in [4.78, 5) is 23.9. The first-order valence-corrected chi connectivity index (χ1v) is 7.41. The molecule has 112 valence electrons. The van der Waals surface area contributed by atoms with Crippen molar-refractivity contribution in [2.45, 2.75) is 12.1 Å². The highest BCUT2D eigenvalue weighted by molar-refractivity contribution is 6.99. The smallest absolute Gasteiger partial charge is 0.241 e. The van der Waals surface area contributed by atoms with Gasteiger partial charge in [0, 0.05) is 12.7 Å². The van der Waals surface area contributed by atoms with Gasteiger partial charge in [-0.3, -0.25) is 9.59 Å². The molecule has 0 fully saturated rings. The minimum absolute atomic E-state index is 0.162. The van der Waals surface area contributed by atoms with E-state index >= 15 is 0 Å². The van der Waals surface area contributed by atoms with Crippen LogP contribution in [0.15, 0.2) is 18.3 Å². The van der Waals surface area contributed by atoms with Crippen molar-refractivity contribution in [1.29, 1.82) is 0 Å².